The SMILES string of the molecule is COC(=O)C(CCCN=Cc1ccccc1)N=Cc1ccccc1.[N]. The Balaban J connectivity index is 0.00000312. The third kappa shape index (κ3) is 7.54. The molecule has 0 fully saturated rings. The number of carbonyl (C=O) groups is 1. The van der Waals surface area contributed by atoms with Crippen LogP contribution in [0.4, 0.5) is 0 Å². The zero-order chi connectivity index (χ0) is 17.0. The quantitative estimate of drug-likeness (QED) is 0.422. The number of benzene rings is 2. The van der Waals surface area contributed by atoms with Gasteiger partial charge in [0.05, 0.1) is 7.11 Å². The number of ether oxygens (including phenoxy) is 1. The topological polar surface area (TPSA) is 81.5 Å². The minimum absolute atomic E-state index is 0. The lowest BCUT2D eigenvalue weighted by Crippen LogP contribution is -2.20. The van der Waals surface area contributed by atoms with Crippen LogP contribution in [-0.4, -0.2) is 38.1 Å². The van der Waals surface area contributed by atoms with E-state index in [1.165, 1.54) is 7.11 Å². The Kier molecular flexibility index (Phi) is 9.48. The summed E-state index contributed by atoms with van der Waals surface area (Å²) >= 11 is 0. The minimum atomic E-state index is -0.484. The molecule has 0 heterocycles. The molecule has 1 atom stereocenters. The van der Waals surface area contributed by atoms with Crippen molar-refractivity contribution in [3.8, 4) is 0 Å². The Morgan fingerprint density at radius 2 is 1.56 bits per heavy atom. The van der Waals surface area contributed by atoms with Crippen molar-refractivity contribution in [3.05, 3.63) is 71.8 Å². The van der Waals surface area contributed by atoms with Gasteiger partial charge in [-0.15, -0.1) is 0 Å². The molecule has 0 saturated heterocycles. The second-order valence-electron chi connectivity index (χ2n) is 5.32. The van der Waals surface area contributed by atoms with Crippen LogP contribution in [0, 0.1) is 0 Å². The zero-order valence-electron chi connectivity index (χ0n) is 14.3. The first-order valence-electron chi connectivity index (χ1n) is 8.00. The molecule has 0 spiro atoms. The van der Waals surface area contributed by atoms with E-state index >= 15 is 0 Å². The first kappa shape index (κ1) is 20.3. The smallest absolute Gasteiger partial charge is 0.330 e. The Morgan fingerprint density at radius 3 is 2.12 bits per heavy atom. The first-order valence-corrected chi connectivity index (χ1v) is 8.00. The molecule has 0 aliphatic rings. The van der Waals surface area contributed by atoms with E-state index in [1.807, 2.05) is 66.9 Å². The van der Waals surface area contributed by atoms with Gasteiger partial charge in [0.25, 0.3) is 0 Å². The third-order valence-electron chi connectivity index (χ3n) is 3.48. The standard InChI is InChI=1S/C20H22N2O2.N/c1-24-20(23)19(22-16-18-11-6-3-7-12-18)13-8-14-21-15-17-9-4-2-5-10-17;/h2-7,9-12,15-16,19H,8,13-14H2,1H3;. The largest absolute Gasteiger partial charge is 0.467 e. The molecule has 5 nitrogen and oxygen atoms in total. The molecule has 2 aromatic rings. The van der Waals surface area contributed by atoms with Gasteiger partial charge in [-0.25, -0.2) is 4.79 Å². The van der Waals surface area contributed by atoms with E-state index in [0.717, 1.165) is 17.5 Å². The number of hydrogen-bond donors (Lipinski definition) is 0. The molecule has 5 heteroatoms. The van der Waals surface area contributed by atoms with E-state index in [9.17, 15) is 4.79 Å². The summed E-state index contributed by atoms with van der Waals surface area (Å²) in [5, 5.41) is 0. The molecule has 3 radical (unpaired) electrons. The van der Waals surface area contributed by atoms with Crippen molar-refractivity contribution in [2.75, 3.05) is 13.7 Å². The van der Waals surface area contributed by atoms with E-state index in [1.54, 1.807) is 6.21 Å². The van der Waals surface area contributed by atoms with Crippen molar-refractivity contribution in [3.63, 3.8) is 0 Å². The van der Waals surface area contributed by atoms with Crippen LogP contribution < -0.4 is 6.15 Å². The highest BCUT2D eigenvalue weighted by molar-refractivity contribution is 5.84. The number of carbonyl (C=O) groups excluding carboxylic acids is 1. The van der Waals surface area contributed by atoms with Crippen LogP contribution in [0.2, 0.25) is 0 Å². The fourth-order valence-electron chi connectivity index (χ4n) is 2.19. The Bertz CT molecular complexity index is 670. The van der Waals surface area contributed by atoms with Gasteiger partial charge < -0.3 is 4.74 Å². The van der Waals surface area contributed by atoms with Crippen LogP contribution >= 0.6 is 0 Å². The maximum Gasteiger partial charge on any atom is 0.330 e. The minimum Gasteiger partial charge on any atom is -0.467 e. The van der Waals surface area contributed by atoms with Crippen molar-refractivity contribution in [1.82, 2.24) is 6.15 Å². The van der Waals surface area contributed by atoms with Crippen LogP contribution in [0.1, 0.15) is 24.0 Å². The molecule has 0 saturated carbocycles. The molecule has 1 unspecified atom stereocenters. The Labute approximate surface area is 149 Å². The van der Waals surface area contributed by atoms with Crippen molar-refractivity contribution in [1.29, 1.82) is 0 Å². The molecule has 2 rings (SSSR count). The third-order valence-corrected chi connectivity index (χ3v) is 3.48. The lowest BCUT2D eigenvalue weighted by atomic mass is 10.1. The average Bonchev–Trinajstić information content (AvgIpc) is 2.65. The van der Waals surface area contributed by atoms with Crippen molar-refractivity contribution in [2.45, 2.75) is 18.9 Å². The van der Waals surface area contributed by atoms with E-state index in [-0.39, 0.29) is 12.1 Å². The summed E-state index contributed by atoms with van der Waals surface area (Å²) < 4.78 is 4.84. The summed E-state index contributed by atoms with van der Waals surface area (Å²) in [6.45, 7) is 0.656. The molecule has 0 N–H and O–H groups in total. The summed E-state index contributed by atoms with van der Waals surface area (Å²) in [6.07, 6.45) is 4.95. The van der Waals surface area contributed by atoms with Gasteiger partial charge in [-0.05, 0) is 24.0 Å². The van der Waals surface area contributed by atoms with Crippen molar-refractivity contribution in [2.24, 2.45) is 9.98 Å². The van der Waals surface area contributed by atoms with Gasteiger partial charge >= 0.3 is 5.97 Å². The highest BCUT2D eigenvalue weighted by Crippen LogP contribution is 2.06. The Hall–Kier alpha value is -2.79. The maximum atomic E-state index is 11.8. The summed E-state index contributed by atoms with van der Waals surface area (Å²) in [5.74, 6) is -0.311. The van der Waals surface area contributed by atoms with Gasteiger partial charge in [-0.2, -0.15) is 0 Å². The molecular formula is C20H22N3O2. The molecular weight excluding hydrogens is 314 g/mol. The second kappa shape index (κ2) is 11.7. The number of aliphatic imine (C=N–C) groups is 2. The molecule has 0 aliphatic heterocycles. The fourth-order valence-corrected chi connectivity index (χ4v) is 2.19. The van der Waals surface area contributed by atoms with Gasteiger partial charge in [-0.1, -0.05) is 60.7 Å². The monoisotopic (exact) mass is 336 g/mol. The number of esters is 1. The first-order chi connectivity index (χ1) is 11.8. The number of hydrogen-bond acceptors (Lipinski definition) is 4. The number of rotatable bonds is 8. The number of methoxy groups -OCH3 is 1. The highest BCUT2D eigenvalue weighted by atomic mass is 16.5. The number of nitrogens with zero attached hydrogens (tertiary/aromatic N) is 3. The predicted molar refractivity (Wildman–Crippen MR) is 100 cm³/mol. The molecule has 0 amide bonds. The van der Waals surface area contributed by atoms with E-state index in [0.29, 0.717) is 13.0 Å². The van der Waals surface area contributed by atoms with Crippen LogP contribution in [0.5, 0.6) is 0 Å². The second-order valence-corrected chi connectivity index (χ2v) is 5.32. The van der Waals surface area contributed by atoms with Crippen molar-refractivity contribution < 1.29 is 9.53 Å². The predicted octanol–water partition coefficient (Wildman–Crippen LogP) is 3.07. The molecule has 25 heavy (non-hydrogen) atoms. The van der Waals surface area contributed by atoms with Gasteiger partial charge in [0.1, 0.15) is 6.04 Å². The summed E-state index contributed by atoms with van der Waals surface area (Å²) in [6, 6.07) is 19.2. The van der Waals surface area contributed by atoms with E-state index < -0.39 is 6.04 Å². The van der Waals surface area contributed by atoms with Crippen LogP contribution in [-0.2, 0) is 9.53 Å². The van der Waals surface area contributed by atoms with Gasteiger partial charge in [0.2, 0.25) is 0 Å². The summed E-state index contributed by atoms with van der Waals surface area (Å²) in [5.41, 5.74) is 2.04. The van der Waals surface area contributed by atoms with Crippen LogP contribution in [0.3, 0.4) is 0 Å². The molecule has 0 bridgehead atoms. The summed E-state index contributed by atoms with van der Waals surface area (Å²) in [7, 11) is 1.39. The lowest BCUT2D eigenvalue weighted by Gasteiger charge is -2.09. The van der Waals surface area contributed by atoms with E-state index in [2.05, 4.69) is 9.98 Å². The van der Waals surface area contributed by atoms with Gasteiger partial charge in [0, 0.05) is 25.1 Å². The van der Waals surface area contributed by atoms with Gasteiger partial charge in [-0.3, -0.25) is 9.98 Å². The summed E-state index contributed by atoms with van der Waals surface area (Å²) in [4.78, 5) is 20.6. The molecule has 2 aromatic carbocycles. The zero-order valence-corrected chi connectivity index (χ0v) is 14.3. The molecule has 129 valence electrons. The highest BCUT2D eigenvalue weighted by Gasteiger charge is 2.16. The van der Waals surface area contributed by atoms with Crippen LogP contribution in [0.15, 0.2) is 70.6 Å². The lowest BCUT2D eigenvalue weighted by molar-refractivity contribution is -0.142. The molecule has 0 aromatic heterocycles. The average molecular weight is 336 g/mol. The Morgan fingerprint density at radius 1 is 1.00 bits per heavy atom. The maximum absolute atomic E-state index is 11.8. The fraction of sp³-hybridized carbons (Fsp3) is 0.250. The van der Waals surface area contributed by atoms with Gasteiger partial charge in [0.15, 0.2) is 0 Å². The molecule has 0 aliphatic carbocycles. The normalized spacial score (nSPS) is 12.0. The van der Waals surface area contributed by atoms with E-state index in [4.69, 9.17) is 4.74 Å². The van der Waals surface area contributed by atoms with Crippen LogP contribution in [0.25, 0.3) is 0 Å². The van der Waals surface area contributed by atoms with Crippen molar-refractivity contribution >= 4 is 18.4 Å².